The lowest BCUT2D eigenvalue weighted by molar-refractivity contribution is 0.823. The summed E-state index contributed by atoms with van der Waals surface area (Å²) in [6.45, 7) is 2.51. The molecular formula is C14H16N4. The number of aromatic nitrogens is 3. The molecule has 0 aliphatic heterocycles. The summed E-state index contributed by atoms with van der Waals surface area (Å²) in [5.41, 5.74) is 10.1. The number of benzene rings is 1. The summed E-state index contributed by atoms with van der Waals surface area (Å²) in [7, 11) is 2.01. The Labute approximate surface area is 105 Å². The van der Waals surface area contributed by atoms with E-state index in [2.05, 4.69) is 26.7 Å². The SMILES string of the molecule is Cc1nc(-c2c[nH]c3ccccc23)n(C)c1CN. The van der Waals surface area contributed by atoms with Crippen LogP contribution >= 0.6 is 0 Å². The molecule has 4 nitrogen and oxygen atoms in total. The molecule has 0 saturated heterocycles. The quantitative estimate of drug-likeness (QED) is 0.722. The van der Waals surface area contributed by atoms with Crippen molar-refractivity contribution in [1.29, 1.82) is 0 Å². The minimum absolute atomic E-state index is 0.512. The van der Waals surface area contributed by atoms with E-state index in [1.165, 1.54) is 5.39 Å². The van der Waals surface area contributed by atoms with E-state index in [-0.39, 0.29) is 0 Å². The van der Waals surface area contributed by atoms with Crippen molar-refractivity contribution in [3.8, 4) is 11.4 Å². The number of nitrogens with zero attached hydrogens (tertiary/aromatic N) is 2. The second kappa shape index (κ2) is 3.99. The topological polar surface area (TPSA) is 59.6 Å². The Morgan fingerprint density at radius 1 is 1.33 bits per heavy atom. The molecule has 0 spiro atoms. The first kappa shape index (κ1) is 11.0. The first-order valence-electron chi connectivity index (χ1n) is 6.01. The van der Waals surface area contributed by atoms with Crippen molar-refractivity contribution in [1.82, 2.24) is 14.5 Å². The number of hydrogen-bond acceptors (Lipinski definition) is 2. The van der Waals surface area contributed by atoms with Gasteiger partial charge in [-0.1, -0.05) is 18.2 Å². The molecule has 0 fully saturated rings. The molecule has 0 amide bonds. The van der Waals surface area contributed by atoms with Gasteiger partial charge in [-0.2, -0.15) is 0 Å². The monoisotopic (exact) mass is 240 g/mol. The summed E-state index contributed by atoms with van der Waals surface area (Å²) < 4.78 is 2.07. The lowest BCUT2D eigenvalue weighted by Gasteiger charge is -2.03. The number of aryl methyl sites for hydroxylation is 1. The molecule has 0 saturated carbocycles. The Hall–Kier alpha value is -2.07. The van der Waals surface area contributed by atoms with Crippen LogP contribution < -0.4 is 5.73 Å². The highest BCUT2D eigenvalue weighted by Crippen LogP contribution is 2.28. The van der Waals surface area contributed by atoms with Crippen molar-refractivity contribution < 1.29 is 0 Å². The van der Waals surface area contributed by atoms with E-state index in [0.29, 0.717) is 6.54 Å². The Kier molecular flexibility index (Phi) is 2.45. The molecule has 0 bridgehead atoms. The fourth-order valence-electron chi connectivity index (χ4n) is 2.45. The van der Waals surface area contributed by atoms with Crippen molar-refractivity contribution in [2.75, 3.05) is 0 Å². The summed E-state index contributed by atoms with van der Waals surface area (Å²) in [6, 6.07) is 8.24. The van der Waals surface area contributed by atoms with Crippen LogP contribution in [0.5, 0.6) is 0 Å². The highest BCUT2D eigenvalue weighted by atomic mass is 15.1. The van der Waals surface area contributed by atoms with Gasteiger partial charge in [-0.25, -0.2) is 4.98 Å². The van der Waals surface area contributed by atoms with Gasteiger partial charge in [0.15, 0.2) is 0 Å². The number of imidazole rings is 1. The number of fused-ring (bicyclic) bond motifs is 1. The Bertz CT molecular complexity index is 706. The molecule has 3 N–H and O–H groups in total. The average Bonchev–Trinajstić information content (AvgIpc) is 2.91. The van der Waals surface area contributed by atoms with Crippen molar-refractivity contribution in [3.63, 3.8) is 0 Å². The number of nitrogens with one attached hydrogen (secondary N) is 1. The van der Waals surface area contributed by atoms with E-state index in [0.717, 1.165) is 28.3 Å². The highest BCUT2D eigenvalue weighted by Gasteiger charge is 2.14. The van der Waals surface area contributed by atoms with Crippen LogP contribution in [0.1, 0.15) is 11.4 Å². The van der Waals surface area contributed by atoms with Crippen LogP contribution in [0.4, 0.5) is 0 Å². The molecule has 2 aromatic heterocycles. The van der Waals surface area contributed by atoms with E-state index in [9.17, 15) is 0 Å². The normalized spacial score (nSPS) is 11.3. The second-order valence-corrected chi connectivity index (χ2v) is 4.48. The predicted molar refractivity (Wildman–Crippen MR) is 73.1 cm³/mol. The number of aromatic amines is 1. The molecule has 2 heterocycles. The minimum atomic E-state index is 0.512. The number of para-hydroxylation sites is 1. The maximum Gasteiger partial charge on any atom is 0.142 e. The van der Waals surface area contributed by atoms with Gasteiger partial charge in [0, 0.05) is 36.3 Å². The molecule has 92 valence electrons. The number of rotatable bonds is 2. The summed E-state index contributed by atoms with van der Waals surface area (Å²) in [5, 5.41) is 1.19. The number of nitrogens with two attached hydrogens (primary N) is 1. The molecule has 1 aromatic carbocycles. The fourth-order valence-corrected chi connectivity index (χ4v) is 2.45. The summed E-state index contributed by atoms with van der Waals surface area (Å²) in [6.07, 6.45) is 2.01. The van der Waals surface area contributed by atoms with E-state index < -0.39 is 0 Å². The van der Waals surface area contributed by atoms with Gasteiger partial charge in [0.1, 0.15) is 5.82 Å². The maximum absolute atomic E-state index is 5.76. The van der Waals surface area contributed by atoms with Crippen LogP contribution in [0.15, 0.2) is 30.5 Å². The van der Waals surface area contributed by atoms with E-state index in [4.69, 9.17) is 5.73 Å². The maximum atomic E-state index is 5.76. The van der Waals surface area contributed by atoms with Gasteiger partial charge < -0.3 is 15.3 Å². The summed E-state index contributed by atoms with van der Waals surface area (Å²) >= 11 is 0. The van der Waals surface area contributed by atoms with E-state index in [1.54, 1.807) is 0 Å². The fraction of sp³-hybridized carbons (Fsp3) is 0.214. The molecule has 0 aliphatic carbocycles. The Morgan fingerprint density at radius 3 is 2.83 bits per heavy atom. The molecule has 0 atom stereocenters. The molecule has 3 aromatic rings. The standard InChI is InChI=1S/C14H16N4/c1-9-13(7-15)18(2)14(17-9)11-8-16-12-6-4-3-5-10(11)12/h3-6,8,16H,7,15H2,1-2H3. The highest BCUT2D eigenvalue weighted by molar-refractivity contribution is 5.93. The van der Waals surface area contributed by atoms with Crippen molar-refractivity contribution >= 4 is 10.9 Å². The zero-order valence-electron chi connectivity index (χ0n) is 10.6. The second-order valence-electron chi connectivity index (χ2n) is 4.48. The summed E-state index contributed by atoms with van der Waals surface area (Å²) in [4.78, 5) is 7.91. The summed E-state index contributed by atoms with van der Waals surface area (Å²) in [5.74, 6) is 0.963. The van der Waals surface area contributed by atoms with Crippen LogP contribution in [0.25, 0.3) is 22.3 Å². The largest absolute Gasteiger partial charge is 0.360 e. The van der Waals surface area contributed by atoms with E-state index in [1.807, 2.05) is 32.3 Å². The molecular weight excluding hydrogens is 224 g/mol. The number of H-pyrrole nitrogens is 1. The van der Waals surface area contributed by atoms with Gasteiger partial charge in [-0.15, -0.1) is 0 Å². The smallest absolute Gasteiger partial charge is 0.142 e. The molecule has 18 heavy (non-hydrogen) atoms. The average molecular weight is 240 g/mol. The van der Waals surface area contributed by atoms with Crippen molar-refractivity contribution in [2.24, 2.45) is 12.8 Å². The lowest BCUT2D eigenvalue weighted by atomic mass is 10.1. The third-order valence-corrected chi connectivity index (χ3v) is 3.44. The van der Waals surface area contributed by atoms with E-state index >= 15 is 0 Å². The van der Waals surface area contributed by atoms with Crippen molar-refractivity contribution in [3.05, 3.63) is 41.9 Å². The third kappa shape index (κ3) is 1.46. The molecule has 0 aliphatic rings. The molecule has 0 unspecified atom stereocenters. The zero-order chi connectivity index (χ0) is 12.7. The first-order chi connectivity index (χ1) is 8.72. The van der Waals surface area contributed by atoms with Crippen molar-refractivity contribution in [2.45, 2.75) is 13.5 Å². The molecule has 0 radical (unpaired) electrons. The predicted octanol–water partition coefficient (Wildman–Crippen LogP) is 2.34. The van der Waals surface area contributed by atoms with Crippen LogP contribution in [0.3, 0.4) is 0 Å². The van der Waals surface area contributed by atoms with Crippen LogP contribution in [-0.4, -0.2) is 14.5 Å². The van der Waals surface area contributed by atoms with Crippen LogP contribution in [0, 0.1) is 6.92 Å². The minimum Gasteiger partial charge on any atom is -0.360 e. The number of hydrogen-bond donors (Lipinski definition) is 2. The van der Waals surface area contributed by atoms with Crippen LogP contribution in [-0.2, 0) is 13.6 Å². The zero-order valence-corrected chi connectivity index (χ0v) is 10.6. The lowest BCUT2D eigenvalue weighted by Crippen LogP contribution is -2.05. The molecule has 3 rings (SSSR count). The van der Waals surface area contributed by atoms with Gasteiger partial charge in [0.25, 0.3) is 0 Å². The Morgan fingerprint density at radius 2 is 2.11 bits per heavy atom. The molecule has 4 heteroatoms. The van der Waals surface area contributed by atoms with Crippen LogP contribution in [0.2, 0.25) is 0 Å². The van der Waals surface area contributed by atoms with Gasteiger partial charge in [0.05, 0.1) is 11.4 Å². The Balaban J connectivity index is 2.27. The van der Waals surface area contributed by atoms with Gasteiger partial charge in [-0.05, 0) is 13.0 Å². The first-order valence-corrected chi connectivity index (χ1v) is 6.01. The third-order valence-electron chi connectivity index (χ3n) is 3.44. The van der Waals surface area contributed by atoms with Gasteiger partial charge in [-0.3, -0.25) is 0 Å². The van der Waals surface area contributed by atoms with Gasteiger partial charge in [0.2, 0.25) is 0 Å². The van der Waals surface area contributed by atoms with Gasteiger partial charge >= 0.3 is 0 Å².